The fraction of sp³-hybridized carbons (Fsp3) is 0.167. The van der Waals surface area contributed by atoms with Crippen LogP contribution >= 0.6 is 0 Å². The first-order valence-corrected chi connectivity index (χ1v) is 7.96. The van der Waals surface area contributed by atoms with Gasteiger partial charge in [0, 0.05) is 6.54 Å². The van der Waals surface area contributed by atoms with Crippen molar-refractivity contribution in [2.45, 2.75) is 13.5 Å². The lowest BCUT2D eigenvalue weighted by atomic mass is 10.2. The average Bonchev–Trinajstić information content (AvgIpc) is 3.26. The van der Waals surface area contributed by atoms with Crippen molar-refractivity contribution in [3.8, 4) is 17.2 Å². The van der Waals surface area contributed by atoms with E-state index in [4.69, 9.17) is 9.47 Å². The quantitative estimate of drug-likeness (QED) is 0.778. The third-order valence-electron chi connectivity index (χ3n) is 3.93. The van der Waals surface area contributed by atoms with Crippen LogP contribution in [0.3, 0.4) is 0 Å². The second kappa shape index (κ2) is 6.47. The first-order chi connectivity index (χ1) is 12.6. The van der Waals surface area contributed by atoms with Crippen LogP contribution in [0.25, 0.3) is 5.69 Å². The highest BCUT2D eigenvalue weighted by Crippen LogP contribution is 2.32. The Morgan fingerprint density at radius 2 is 1.96 bits per heavy atom. The summed E-state index contributed by atoms with van der Waals surface area (Å²) in [7, 11) is 0. The highest BCUT2D eigenvalue weighted by Gasteiger charge is 2.17. The molecular formula is C18H15FN4O3. The van der Waals surface area contributed by atoms with E-state index in [0.29, 0.717) is 29.6 Å². The van der Waals surface area contributed by atoms with Gasteiger partial charge in [0.15, 0.2) is 11.5 Å². The number of carbonyl (C=O) groups excluding carboxylic acids is 1. The summed E-state index contributed by atoms with van der Waals surface area (Å²) in [5.74, 6) is 1.19. The summed E-state index contributed by atoms with van der Waals surface area (Å²) in [6.45, 7) is 2.24. The van der Waals surface area contributed by atoms with Crippen LogP contribution < -0.4 is 14.8 Å². The number of hydrogen-bond acceptors (Lipinski definition) is 5. The number of nitrogens with one attached hydrogen (secondary N) is 1. The Balaban J connectivity index is 1.47. The maximum Gasteiger partial charge on any atom is 0.291 e. The van der Waals surface area contributed by atoms with Crippen LogP contribution in [0, 0.1) is 12.7 Å². The number of halogens is 1. The molecule has 0 bridgehead atoms. The largest absolute Gasteiger partial charge is 0.454 e. The predicted molar refractivity (Wildman–Crippen MR) is 89.8 cm³/mol. The Kier molecular flexibility index (Phi) is 4.00. The fourth-order valence-corrected chi connectivity index (χ4v) is 2.63. The molecule has 8 heteroatoms. The third kappa shape index (κ3) is 3.08. The summed E-state index contributed by atoms with van der Waals surface area (Å²) < 4.78 is 25.1. The smallest absolute Gasteiger partial charge is 0.291 e. The standard InChI is InChI=1S/C18H15FN4O3/c1-11-21-17(22-23(11)14-5-3-13(19)4-6-14)18(24)20-9-12-2-7-15-16(8-12)26-10-25-15/h2-8H,9-10H2,1H3,(H,20,24). The lowest BCUT2D eigenvalue weighted by Crippen LogP contribution is -2.24. The molecule has 0 unspecified atom stereocenters. The molecule has 26 heavy (non-hydrogen) atoms. The van der Waals surface area contributed by atoms with Gasteiger partial charge in [-0.25, -0.2) is 14.1 Å². The Morgan fingerprint density at radius 3 is 2.77 bits per heavy atom. The van der Waals surface area contributed by atoms with Crippen molar-refractivity contribution in [3.05, 3.63) is 65.5 Å². The van der Waals surface area contributed by atoms with Crippen molar-refractivity contribution in [2.24, 2.45) is 0 Å². The lowest BCUT2D eigenvalue weighted by Gasteiger charge is -2.04. The van der Waals surface area contributed by atoms with Gasteiger partial charge in [0.25, 0.3) is 5.91 Å². The lowest BCUT2D eigenvalue weighted by molar-refractivity contribution is 0.0940. The summed E-state index contributed by atoms with van der Waals surface area (Å²) >= 11 is 0. The van der Waals surface area contributed by atoms with Crippen LogP contribution in [0.4, 0.5) is 4.39 Å². The number of benzene rings is 2. The van der Waals surface area contributed by atoms with Gasteiger partial charge in [0.2, 0.25) is 12.6 Å². The maximum atomic E-state index is 13.1. The molecule has 2 heterocycles. The minimum Gasteiger partial charge on any atom is -0.454 e. The molecule has 3 aromatic rings. The first-order valence-electron chi connectivity index (χ1n) is 7.96. The van der Waals surface area contributed by atoms with Crippen LogP contribution in [0.5, 0.6) is 11.5 Å². The molecule has 0 saturated carbocycles. The second-order valence-electron chi connectivity index (χ2n) is 5.74. The second-order valence-corrected chi connectivity index (χ2v) is 5.74. The van der Waals surface area contributed by atoms with E-state index in [-0.39, 0.29) is 18.4 Å². The van der Waals surface area contributed by atoms with Crippen molar-refractivity contribution in [1.29, 1.82) is 0 Å². The van der Waals surface area contributed by atoms with Gasteiger partial charge in [0.05, 0.1) is 5.69 Å². The molecule has 1 aromatic heterocycles. The molecule has 4 rings (SSSR count). The van der Waals surface area contributed by atoms with E-state index in [2.05, 4.69) is 15.4 Å². The number of hydrogen-bond donors (Lipinski definition) is 1. The molecule has 0 spiro atoms. The molecule has 2 aromatic carbocycles. The van der Waals surface area contributed by atoms with Crippen LogP contribution in [-0.2, 0) is 6.54 Å². The van der Waals surface area contributed by atoms with Gasteiger partial charge in [0.1, 0.15) is 11.6 Å². The zero-order chi connectivity index (χ0) is 18.1. The van der Waals surface area contributed by atoms with E-state index >= 15 is 0 Å². The van der Waals surface area contributed by atoms with Gasteiger partial charge in [-0.15, -0.1) is 5.10 Å². The molecule has 0 atom stereocenters. The number of ether oxygens (including phenoxy) is 2. The Hall–Kier alpha value is -3.42. The first kappa shape index (κ1) is 16.1. The number of carbonyl (C=O) groups is 1. The van der Waals surface area contributed by atoms with Gasteiger partial charge < -0.3 is 14.8 Å². The maximum absolute atomic E-state index is 13.1. The highest BCUT2D eigenvalue weighted by molar-refractivity contribution is 5.90. The predicted octanol–water partition coefficient (Wildman–Crippen LogP) is 2.37. The van der Waals surface area contributed by atoms with Gasteiger partial charge >= 0.3 is 0 Å². The molecule has 1 N–H and O–H groups in total. The Labute approximate surface area is 148 Å². The zero-order valence-corrected chi connectivity index (χ0v) is 13.9. The van der Waals surface area contributed by atoms with Crippen LogP contribution in [0.15, 0.2) is 42.5 Å². The highest BCUT2D eigenvalue weighted by atomic mass is 19.1. The normalized spacial score (nSPS) is 12.2. The van der Waals surface area contributed by atoms with Crippen molar-refractivity contribution >= 4 is 5.91 Å². The molecule has 0 radical (unpaired) electrons. The SMILES string of the molecule is Cc1nc(C(=O)NCc2ccc3c(c2)OCO3)nn1-c1ccc(F)cc1. The topological polar surface area (TPSA) is 78.3 Å². The minimum atomic E-state index is -0.397. The minimum absolute atomic E-state index is 0.0487. The number of fused-ring (bicyclic) bond motifs is 1. The molecule has 132 valence electrons. The molecule has 1 aliphatic rings. The van der Waals surface area contributed by atoms with E-state index in [9.17, 15) is 9.18 Å². The van der Waals surface area contributed by atoms with Crippen LogP contribution in [0.1, 0.15) is 22.0 Å². The molecular weight excluding hydrogens is 339 g/mol. The number of aromatic nitrogens is 3. The van der Waals surface area contributed by atoms with E-state index in [1.807, 2.05) is 12.1 Å². The summed E-state index contributed by atoms with van der Waals surface area (Å²) in [4.78, 5) is 16.5. The van der Waals surface area contributed by atoms with Gasteiger partial charge in [-0.2, -0.15) is 0 Å². The van der Waals surface area contributed by atoms with E-state index < -0.39 is 5.91 Å². The van der Waals surface area contributed by atoms with Crippen molar-refractivity contribution in [2.75, 3.05) is 6.79 Å². The number of amides is 1. The van der Waals surface area contributed by atoms with Gasteiger partial charge in [-0.1, -0.05) is 6.07 Å². The monoisotopic (exact) mass is 354 g/mol. The van der Waals surface area contributed by atoms with E-state index in [1.165, 1.54) is 16.8 Å². The third-order valence-corrected chi connectivity index (χ3v) is 3.93. The summed E-state index contributed by atoms with van der Waals surface area (Å²) in [5.41, 5.74) is 1.50. The van der Waals surface area contributed by atoms with Crippen molar-refractivity contribution in [1.82, 2.24) is 20.1 Å². The Morgan fingerprint density at radius 1 is 1.19 bits per heavy atom. The van der Waals surface area contributed by atoms with Gasteiger partial charge in [-0.05, 0) is 48.9 Å². The zero-order valence-electron chi connectivity index (χ0n) is 13.9. The van der Waals surface area contributed by atoms with Crippen molar-refractivity contribution < 1.29 is 18.7 Å². The summed E-state index contributed by atoms with van der Waals surface area (Å²) in [5, 5.41) is 6.98. The van der Waals surface area contributed by atoms with E-state index in [1.54, 1.807) is 25.1 Å². The fourth-order valence-electron chi connectivity index (χ4n) is 2.63. The van der Waals surface area contributed by atoms with E-state index in [0.717, 1.165) is 5.56 Å². The number of aryl methyl sites for hydroxylation is 1. The number of nitrogens with zero attached hydrogens (tertiary/aromatic N) is 3. The number of rotatable bonds is 4. The molecule has 0 aliphatic carbocycles. The molecule has 7 nitrogen and oxygen atoms in total. The summed E-state index contributed by atoms with van der Waals surface area (Å²) in [6.07, 6.45) is 0. The summed E-state index contributed by atoms with van der Waals surface area (Å²) in [6, 6.07) is 11.3. The average molecular weight is 354 g/mol. The molecule has 1 amide bonds. The van der Waals surface area contributed by atoms with Gasteiger partial charge in [-0.3, -0.25) is 4.79 Å². The van der Waals surface area contributed by atoms with Crippen LogP contribution in [-0.4, -0.2) is 27.5 Å². The Bertz CT molecular complexity index is 969. The molecule has 0 saturated heterocycles. The van der Waals surface area contributed by atoms with Crippen molar-refractivity contribution in [3.63, 3.8) is 0 Å². The van der Waals surface area contributed by atoms with Crippen LogP contribution in [0.2, 0.25) is 0 Å². The molecule has 0 fully saturated rings. The molecule has 1 aliphatic heterocycles.